The van der Waals surface area contributed by atoms with Gasteiger partial charge in [-0.05, 0) is 54.1 Å². The summed E-state index contributed by atoms with van der Waals surface area (Å²) in [4.78, 5) is 0. The lowest BCUT2D eigenvalue weighted by Crippen LogP contribution is -2.30. The van der Waals surface area contributed by atoms with E-state index in [2.05, 4.69) is 6.07 Å². The lowest BCUT2D eigenvalue weighted by atomic mass is 9.76. The van der Waals surface area contributed by atoms with Crippen molar-refractivity contribution in [1.82, 2.24) is 0 Å². The number of rotatable bonds is 3. The van der Waals surface area contributed by atoms with Gasteiger partial charge in [0.2, 0.25) is 0 Å². The van der Waals surface area contributed by atoms with E-state index in [1.165, 1.54) is 49.7 Å². The molecule has 0 atom stereocenters. The van der Waals surface area contributed by atoms with Crippen LogP contribution in [0.1, 0.15) is 61.5 Å². The van der Waals surface area contributed by atoms with Crippen LogP contribution in [0.4, 0.5) is 0 Å². The van der Waals surface area contributed by atoms with E-state index in [1.807, 2.05) is 12.1 Å². The highest BCUT2D eigenvalue weighted by molar-refractivity contribution is 6.58. The largest absolute Gasteiger partial charge is 0.488 e. The predicted octanol–water partition coefficient (Wildman–Crippen LogP) is 1.90. The van der Waals surface area contributed by atoms with E-state index in [9.17, 15) is 10.0 Å². The maximum atomic E-state index is 9.37. The molecule has 2 aliphatic rings. The summed E-state index contributed by atoms with van der Waals surface area (Å²) in [6, 6.07) is 6.27. The van der Waals surface area contributed by atoms with Gasteiger partial charge in [-0.3, -0.25) is 0 Å². The molecule has 0 heterocycles. The van der Waals surface area contributed by atoms with Gasteiger partial charge in [-0.25, -0.2) is 0 Å². The third kappa shape index (κ3) is 2.40. The Bertz CT molecular complexity index is 386. The Kier molecular flexibility index (Phi) is 2.97. The van der Waals surface area contributed by atoms with Gasteiger partial charge in [0.15, 0.2) is 0 Å². The first-order valence-corrected chi connectivity index (χ1v) is 6.75. The highest BCUT2D eigenvalue weighted by atomic mass is 16.4. The Labute approximate surface area is 103 Å². The number of benzene rings is 1. The molecule has 0 aliphatic heterocycles. The summed E-state index contributed by atoms with van der Waals surface area (Å²) in [5, 5.41) is 18.7. The molecule has 0 unspecified atom stereocenters. The van der Waals surface area contributed by atoms with Gasteiger partial charge in [0, 0.05) is 0 Å². The average molecular weight is 230 g/mol. The van der Waals surface area contributed by atoms with Crippen molar-refractivity contribution >= 4 is 12.6 Å². The van der Waals surface area contributed by atoms with Crippen molar-refractivity contribution in [3.05, 3.63) is 29.3 Å². The van der Waals surface area contributed by atoms with Crippen molar-refractivity contribution in [2.75, 3.05) is 0 Å². The van der Waals surface area contributed by atoms with Crippen LogP contribution in [0.15, 0.2) is 18.2 Å². The molecule has 0 amide bonds. The van der Waals surface area contributed by atoms with Crippen molar-refractivity contribution in [2.24, 2.45) is 0 Å². The molecule has 3 rings (SSSR count). The minimum Gasteiger partial charge on any atom is -0.423 e. The van der Waals surface area contributed by atoms with Crippen molar-refractivity contribution < 1.29 is 10.0 Å². The maximum absolute atomic E-state index is 9.37. The average Bonchev–Trinajstić information content (AvgIpc) is 3.04. The van der Waals surface area contributed by atoms with Crippen LogP contribution in [0, 0.1) is 0 Å². The highest BCUT2D eigenvalue weighted by Gasteiger charge is 2.27. The molecule has 2 N–H and O–H groups in total. The minimum atomic E-state index is -1.33. The summed E-state index contributed by atoms with van der Waals surface area (Å²) < 4.78 is 0. The lowest BCUT2D eigenvalue weighted by Gasteiger charge is -2.14. The molecule has 0 saturated heterocycles. The van der Waals surface area contributed by atoms with E-state index in [1.54, 1.807) is 0 Å². The zero-order valence-corrected chi connectivity index (χ0v) is 10.1. The second-order valence-electron chi connectivity index (χ2n) is 5.56. The highest BCUT2D eigenvalue weighted by Crippen LogP contribution is 2.42. The van der Waals surface area contributed by atoms with Crippen LogP contribution in [-0.2, 0) is 0 Å². The van der Waals surface area contributed by atoms with E-state index < -0.39 is 7.12 Å². The summed E-state index contributed by atoms with van der Waals surface area (Å²) in [5.74, 6) is 1.32. The molecule has 3 heteroatoms. The Morgan fingerprint density at radius 1 is 0.824 bits per heavy atom. The lowest BCUT2D eigenvalue weighted by molar-refractivity contribution is 0.425. The summed E-state index contributed by atoms with van der Waals surface area (Å²) in [5.41, 5.74) is 3.32. The van der Waals surface area contributed by atoms with Gasteiger partial charge >= 0.3 is 7.12 Å². The molecule has 1 aromatic rings. The smallest absolute Gasteiger partial charge is 0.423 e. The summed E-state index contributed by atoms with van der Waals surface area (Å²) in [6.07, 6.45) is 7.67. The van der Waals surface area contributed by atoms with Gasteiger partial charge in [-0.2, -0.15) is 0 Å². The van der Waals surface area contributed by atoms with Crippen molar-refractivity contribution in [3.8, 4) is 0 Å². The molecule has 0 spiro atoms. The second kappa shape index (κ2) is 4.47. The Hall–Kier alpha value is -0.795. The molecular formula is C14H19BO2. The Morgan fingerprint density at radius 2 is 1.35 bits per heavy atom. The first-order valence-electron chi connectivity index (χ1n) is 6.75. The second-order valence-corrected chi connectivity index (χ2v) is 5.56. The zero-order chi connectivity index (χ0) is 11.8. The first kappa shape index (κ1) is 11.3. The molecule has 0 bridgehead atoms. The maximum Gasteiger partial charge on any atom is 0.488 e. The van der Waals surface area contributed by atoms with Crippen LogP contribution in [0.25, 0.3) is 0 Å². The van der Waals surface area contributed by atoms with Crippen LogP contribution in [0.3, 0.4) is 0 Å². The fourth-order valence-corrected chi connectivity index (χ4v) is 3.00. The summed E-state index contributed by atoms with van der Waals surface area (Å²) >= 11 is 0. The van der Waals surface area contributed by atoms with Crippen molar-refractivity contribution in [3.63, 3.8) is 0 Å². The molecule has 90 valence electrons. The van der Waals surface area contributed by atoms with E-state index >= 15 is 0 Å². The molecule has 17 heavy (non-hydrogen) atoms. The number of hydrogen-bond donors (Lipinski definition) is 2. The van der Waals surface area contributed by atoms with Crippen LogP contribution in [-0.4, -0.2) is 17.2 Å². The molecule has 2 fully saturated rings. The minimum absolute atomic E-state index is 0.645. The predicted molar refractivity (Wildman–Crippen MR) is 69.5 cm³/mol. The fraction of sp³-hybridized carbons (Fsp3) is 0.571. The standard InChI is InChI=1S/C14H19BO2/c16-15(17)14-8-12(10-3-1-2-4-10)7-13(9-14)11-5-6-11/h7-11,16-17H,1-6H2. The van der Waals surface area contributed by atoms with Gasteiger partial charge < -0.3 is 10.0 Å². The van der Waals surface area contributed by atoms with Crippen LogP contribution in [0.5, 0.6) is 0 Å². The zero-order valence-electron chi connectivity index (χ0n) is 10.1. The third-order valence-electron chi connectivity index (χ3n) is 4.17. The van der Waals surface area contributed by atoms with E-state index in [0.29, 0.717) is 17.3 Å². The number of hydrogen-bond acceptors (Lipinski definition) is 2. The van der Waals surface area contributed by atoms with Gasteiger partial charge in [0.25, 0.3) is 0 Å². The van der Waals surface area contributed by atoms with Gasteiger partial charge in [-0.1, -0.05) is 31.0 Å². The van der Waals surface area contributed by atoms with Gasteiger partial charge in [0.05, 0.1) is 0 Å². The van der Waals surface area contributed by atoms with Gasteiger partial charge in [0.1, 0.15) is 0 Å². The van der Waals surface area contributed by atoms with Crippen LogP contribution >= 0.6 is 0 Å². The molecule has 0 radical (unpaired) electrons. The molecule has 2 saturated carbocycles. The molecule has 0 aromatic heterocycles. The van der Waals surface area contributed by atoms with Gasteiger partial charge in [-0.15, -0.1) is 0 Å². The van der Waals surface area contributed by atoms with Crippen molar-refractivity contribution in [1.29, 1.82) is 0 Å². The molecular weight excluding hydrogens is 211 g/mol. The topological polar surface area (TPSA) is 40.5 Å². The van der Waals surface area contributed by atoms with Crippen LogP contribution < -0.4 is 5.46 Å². The van der Waals surface area contributed by atoms with E-state index in [4.69, 9.17) is 0 Å². The third-order valence-corrected chi connectivity index (χ3v) is 4.17. The Morgan fingerprint density at radius 3 is 1.82 bits per heavy atom. The van der Waals surface area contributed by atoms with E-state index in [-0.39, 0.29) is 0 Å². The molecule has 2 aliphatic carbocycles. The summed E-state index contributed by atoms with van der Waals surface area (Å²) in [7, 11) is -1.33. The van der Waals surface area contributed by atoms with Crippen molar-refractivity contribution in [2.45, 2.75) is 50.4 Å². The normalized spacial score (nSPS) is 20.8. The van der Waals surface area contributed by atoms with Crippen LogP contribution in [0.2, 0.25) is 0 Å². The SMILES string of the molecule is OB(O)c1cc(C2CCCC2)cc(C2CC2)c1. The quantitative estimate of drug-likeness (QED) is 0.778. The fourth-order valence-electron chi connectivity index (χ4n) is 3.00. The molecule has 1 aromatic carbocycles. The monoisotopic (exact) mass is 230 g/mol. The molecule has 2 nitrogen and oxygen atoms in total. The summed E-state index contributed by atoms with van der Waals surface area (Å²) in [6.45, 7) is 0. The Balaban J connectivity index is 1.95. The van der Waals surface area contributed by atoms with E-state index in [0.717, 1.165) is 0 Å². The first-order chi connectivity index (χ1) is 8.24.